The molecule has 1 fully saturated rings. The summed E-state index contributed by atoms with van der Waals surface area (Å²) in [5.74, 6) is 1.01. The Balaban J connectivity index is 1.80. The van der Waals surface area contributed by atoms with E-state index in [9.17, 15) is 4.79 Å². The zero-order valence-corrected chi connectivity index (χ0v) is 15.9. The number of carbonyl (C=O) groups is 1. The van der Waals surface area contributed by atoms with E-state index in [1.165, 1.54) is 7.11 Å². The van der Waals surface area contributed by atoms with Crippen molar-refractivity contribution >= 4 is 17.4 Å². The number of fused-ring (bicyclic) bond motifs is 1. The number of benzene rings is 1. The van der Waals surface area contributed by atoms with Crippen LogP contribution in [0.1, 0.15) is 18.9 Å². The van der Waals surface area contributed by atoms with Gasteiger partial charge in [0.05, 0.1) is 24.9 Å². The lowest BCUT2D eigenvalue weighted by Gasteiger charge is -2.36. The molecule has 6 heteroatoms. The average molecular weight is 364 g/mol. The van der Waals surface area contributed by atoms with Gasteiger partial charge in [-0.25, -0.2) is 9.50 Å². The lowest BCUT2D eigenvalue weighted by atomic mass is 9.90. The minimum atomic E-state index is -0.142. The van der Waals surface area contributed by atoms with Crippen molar-refractivity contribution in [2.45, 2.75) is 20.3 Å². The second-order valence-corrected chi connectivity index (χ2v) is 7.39. The number of rotatable bonds is 3. The average Bonchev–Trinajstić information content (AvgIpc) is 3.07. The molecule has 0 aliphatic carbocycles. The van der Waals surface area contributed by atoms with Gasteiger partial charge in [-0.2, -0.15) is 5.10 Å². The highest BCUT2D eigenvalue weighted by molar-refractivity contribution is 5.74. The standard InChI is InChI=1S/C21H24N4O2/c1-14-9-17(21(26)27-3)13-24(12-14)19-10-18(16-7-5-4-6-8-16)25-20(23-19)15(2)11-22-25/h4-8,10-11,14,17H,9,12-13H2,1-3H3. The maximum absolute atomic E-state index is 12.1. The molecule has 27 heavy (non-hydrogen) atoms. The molecule has 2 atom stereocenters. The summed E-state index contributed by atoms with van der Waals surface area (Å²) in [5, 5.41) is 4.51. The van der Waals surface area contributed by atoms with Crippen LogP contribution in [0.2, 0.25) is 0 Å². The summed E-state index contributed by atoms with van der Waals surface area (Å²) in [7, 11) is 1.46. The van der Waals surface area contributed by atoms with E-state index in [0.717, 1.165) is 41.3 Å². The van der Waals surface area contributed by atoms with Crippen LogP contribution in [-0.4, -0.2) is 40.8 Å². The first kappa shape index (κ1) is 17.5. The van der Waals surface area contributed by atoms with Crippen LogP contribution < -0.4 is 4.90 Å². The molecule has 0 radical (unpaired) electrons. The van der Waals surface area contributed by atoms with E-state index in [1.807, 2.05) is 35.8 Å². The van der Waals surface area contributed by atoms with Gasteiger partial charge < -0.3 is 9.64 Å². The fourth-order valence-electron chi connectivity index (χ4n) is 3.91. The first-order valence-corrected chi connectivity index (χ1v) is 9.30. The Morgan fingerprint density at radius 3 is 2.74 bits per heavy atom. The number of ether oxygens (including phenoxy) is 1. The van der Waals surface area contributed by atoms with Gasteiger partial charge in [-0.3, -0.25) is 4.79 Å². The lowest BCUT2D eigenvalue weighted by molar-refractivity contribution is -0.146. The third-order valence-corrected chi connectivity index (χ3v) is 5.22. The highest BCUT2D eigenvalue weighted by Crippen LogP contribution is 2.30. The van der Waals surface area contributed by atoms with Crippen molar-refractivity contribution in [3.63, 3.8) is 0 Å². The molecule has 0 spiro atoms. The highest BCUT2D eigenvalue weighted by Gasteiger charge is 2.31. The van der Waals surface area contributed by atoms with Crippen LogP contribution in [-0.2, 0) is 9.53 Å². The summed E-state index contributed by atoms with van der Waals surface area (Å²) in [4.78, 5) is 19.2. The Morgan fingerprint density at radius 1 is 1.22 bits per heavy atom. The fraction of sp³-hybridized carbons (Fsp3) is 0.381. The van der Waals surface area contributed by atoms with Gasteiger partial charge in [0.15, 0.2) is 5.65 Å². The molecular formula is C21H24N4O2. The summed E-state index contributed by atoms with van der Waals surface area (Å²) < 4.78 is 6.88. The molecule has 6 nitrogen and oxygen atoms in total. The molecule has 1 aromatic carbocycles. The Bertz CT molecular complexity index is 967. The molecule has 3 heterocycles. The molecule has 2 unspecified atom stereocenters. The summed E-state index contributed by atoms with van der Waals surface area (Å²) in [5.41, 5.74) is 3.96. The minimum absolute atomic E-state index is 0.122. The Morgan fingerprint density at radius 2 is 2.00 bits per heavy atom. The molecule has 0 bridgehead atoms. The molecule has 0 saturated carbocycles. The van der Waals surface area contributed by atoms with Gasteiger partial charge in [-0.1, -0.05) is 37.3 Å². The number of aryl methyl sites for hydroxylation is 1. The Kier molecular flexibility index (Phi) is 4.56. The number of aromatic nitrogens is 3. The van der Waals surface area contributed by atoms with Gasteiger partial charge in [0, 0.05) is 30.3 Å². The van der Waals surface area contributed by atoms with Crippen molar-refractivity contribution in [2.75, 3.05) is 25.1 Å². The monoisotopic (exact) mass is 364 g/mol. The van der Waals surface area contributed by atoms with Crippen molar-refractivity contribution in [1.29, 1.82) is 0 Å². The van der Waals surface area contributed by atoms with Crippen molar-refractivity contribution in [3.8, 4) is 11.3 Å². The van der Waals surface area contributed by atoms with E-state index in [-0.39, 0.29) is 11.9 Å². The number of carbonyl (C=O) groups excluding carboxylic acids is 1. The summed E-state index contributed by atoms with van der Waals surface area (Å²) in [6.45, 7) is 5.69. The Hall–Kier alpha value is -2.89. The fourth-order valence-corrected chi connectivity index (χ4v) is 3.91. The largest absolute Gasteiger partial charge is 0.469 e. The van der Waals surface area contributed by atoms with Crippen molar-refractivity contribution in [3.05, 3.63) is 48.2 Å². The molecule has 0 amide bonds. The molecule has 1 aliphatic rings. The molecule has 0 N–H and O–H groups in total. The molecular weight excluding hydrogens is 340 g/mol. The van der Waals surface area contributed by atoms with Crippen LogP contribution in [0.25, 0.3) is 16.9 Å². The molecule has 1 aliphatic heterocycles. The molecule has 140 valence electrons. The number of hydrogen-bond acceptors (Lipinski definition) is 5. The van der Waals surface area contributed by atoms with Crippen molar-refractivity contribution in [1.82, 2.24) is 14.6 Å². The maximum Gasteiger partial charge on any atom is 0.310 e. The number of esters is 1. The Labute approximate surface area is 158 Å². The summed E-state index contributed by atoms with van der Waals surface area (Å²) in [6.07, 6.45) is 2.69. The number of anilines is 1. The van der Waals surface area contributed by atoms with Gasteiger partial charge in [0.25, 0.3) is 0 Å². The van der Waals surface area contributed by atoms with E-state index in [2.05, 4.69) is 35.1 Å². The number of nitrogens with zero attached hydrogens (tertiary/aromatic N) is 4. The van der Waals surface area contributed by atoms with Crippen LogP contribution >= 0.6 is 0 Å². The van der Waals surface area contributed by atoms with Gasteiger partial charge in [-0.15, -0.1) is 0 Å². The van der Waals surface area contributed by atoms with Crippen molar-refractivity contribution in [2.24, 2.45) is 11.8 Å². The van der Waals surface area contributed by atoms with E-state index in [0.29, 0.717) is 12.5 Å². The SMILES string of the molecule is COC(=O)C1CC(C)CN(c2cc(-c3ccccc3)n3ncc(C)c3n2)C1. The van der Waals surface area contributed by atoms with E-state index < -0.39 is 0 Å². The molecule has 1 saturated heterocycles. The van der Waals surface area contributed by atoms with E-state index in [1.54, 1.807) is 0 Å². The summed E-state index contributed by atoms with van der Waals surface area (Å²) >= 11 is 0. The number of piperidine rings is 1. The minimum Gasteiger partial charge on any atom is -0.469 e. The van der Waals surface area contributed by atoms with Gasteiger partial charge in [0.2, 0.25) is 0 Å². The number of methoxy groups -OCH3 is 1. The zero-order chi connectivity index (χ0) is 19.0. The highest BCUT2D eigenvalue weighted by atomic mass is 16.5. The van der Waals surface area contributed by atoms with Crippen molar-refractivity contribution < 1.29 is 9.53 Å². The molecule has 4 rings (SSSR count). The predicted molar refractivity (Wildman–Crippen MR) is 105 cm³/mol. The second kappa shape index (κ2) is 7.02. The second-order valence-electron chi connectivity index (χ2n) is 7.39. The first-order chi connectivity index (χ1) is 13.1. The molecule has 2 aromatic heterocycles. The van der Waals surface area contributed by atoms with Gasteiger partial charge in [0.1, 0.15) is 5.82 Å². The van der Waals surface area contributed by atoms with Crippen LogP contribution in [0.4, 0.5) is 5.82 Å². The van der Waals surface area contributed by atoms with Gasteiger partial charge in [-0.05, 0) is 19.3 Å². The van der Waals surface area contributed by atoms with Crippen LogP contribution in [0, 0.1) is 18.8 Å². The first-order valence-electron chi connectivity index (χ1n) is 9.30. The third kappa shape index (κ3) is 3.27. The topological polar surface area (TPSA) is 59.7 Å². The third-order valence-electron chi connectivity index (χ3n) is 5.22. The van der Waals surface area contributed by atoms with Crippen LogP contribution in [0.5, 0.6) is 0 Å². The smallest absolute Gasteiger partial charge is 0.310 e. The van der Waals surface area contributed by atoms with E-state index >= 15 is 0 Å². The normalized spacial score (nSPS) is 20.0. The summed E-state index contributed by atoms with van der Waals surface area (Å²) in [6, 6.07) is 12.3. The van der Waals surface area contributed by atoms with Crippen LogP contribution in [0.15, 0.2) is 42.6 Å². The molecule has 3 aromatic rings. The lowest BCUT2D eigenvalue weighted by Crippen LogP contribution is -2.43. The zero-order valence-electron chi connectivity index (χ0n) is 15.9. The van der Waals surface area contributed by atoms with E-state index in [4.69, 9.17) is 9.72 Å². The predicted octanol–water partition coefficient (Wildman–Crippen LogP) is 3.34. The quantitative estimate of drug-likeness (QED) is 0.667. The van der Waals surface area contributed by atoms with Crippen LogP contribution in [0.3, 0.4) is 0 Å². The number of hydrogen-bond donors (Lipinski definition) is 0. The maximum atomic E-state index is 12.1. The van der Waals surface area contributed by atoms with Gasteiger partial charge >= 0.3 is 5.97 Å².